The van der Waals surface area contributed by atoms with E-state index in [-0.39, 0.29) is 17.7 Å². The molecule has 2 rings (SSSR count). The molecule has 0 spiro atoms. The van der Waals surface area contributed by atoms with E-state index in [0.717, 1.165) is 0 Å². The molecular formula is C14H21N3O3. The number of amides is 2. The molecule has 1 aliphatic heterocycles. The molecule has 1 saturated heterocycles. The standard InChI is InChI=1S/C14H21N3O3/c1-10-8-17(9-14(2,3)20-10)13(18)16-11-6-5-7-15-12(11)19-4/h5-7,10H,8-9H2,1-4H3,(H,16,18). The molecule has 1 atom stereocenters. The molecule has 6 heteroatoms. The maximum atomic E-state index is 12.3. The second-order valence-electron chi connectivity index (χ2n) is 5.56. The van der Waals surface area contributed by atoms with Crippen LogP contribution in [-0.4, -0.2) is 47.8 Å². The van der Waals surface area contributed by atoms with Crippen LogP contribution < -0.4 is 10.1 Å². The van der Waals surface area contributed by atoms with Crippen LogP contribution in [0.2, 0.25) is 0 Å². The molecule has 1 aromatic heterocycles. The summed E-state index contributed by atoms with van der Waals surface area (Å²) in [5, 5.41) is 2.83. The predicted octanol–water partition coefficient (Wildman–Crippen LogP) is 2.12. The topological polar surface area (TPSA) is 63.7 Å². The van der Waals surface area contributed by atoms with Crippen LogP contribution in [0.25, 0.3) is 0 Å². The Bertz CT molecular complexity index is 490. The van der Waals surface area contributed by atoms with Crippen LogP contribution >= 0.6 is 0 Å². The Balaban J connectivity index is 2.08. The van der Waals surface area contributed by atoms with Crippen LogP contribution in [0.5, 0.6) is 5.88 Å². The Hall–Kier alpha value is -1.82. The van der Waals surface area contributed by atoms with E-state index in [9.17, 15) is 4.79 Å². The van der Waals surface area contributed by atoms with E-state index >= 15 is 0 Å². The molecule has 0 radical (unpaired) electrons. The first-order valence-corrected chi connectivity index (χ1v) is 6.64. The number of rotatable bonds is 2. The molecule has 6 nitrogen and oxygen atoms in total. The van der Waals surface area contributed by atoms with Crippen molar-refractivity contribution in [2.24, 2.45) is 0 Å². The fourth-order valence-electron chi connectivity index (χ4n) is 2.45. The van der Waals surface area contributed by atoms with Gasteiger partial charge in [0.2, 0.25) is 5.88 Å². The number of morpholine rings is 1. The fourth-order valence-corrected chi connectivity index (χ4v) is 2.45. The van der Waals surface area contributed by atoms with Crippen molar-refractivity contribution in [3.8, 4) is 5.88 Å². The van der Waals surface area contributed by atoms with Gasteiger partial charge in [-0.05, 0) is 32.9 Å². The van der Waals surface area contributed by atoms with Gasteiger partial charge < -0.3 is 19.7 Å². The average molecular weight is 279 g/mol. The number of carbonyl (C=O) groups excluding carboxylic acids is 1. The Labute approximate surface area is 119 Å². The van der Waals surface area contributed by atoms with E-state index in [2.05, 4.69) is 10.3 Å². The van der Waals surface area contributed by atoms with E-state index in [1.807, 2.05) is 20.8 Å². The summed E-state index contributed by atoms with van der Waals surface area (Å²) in [7, 11) is 1.53. The van der Waals surface area contributed by atoms with Crippen LogP contribution in [0.15, 0.2) is 18.3 Å². The lowest BCUT2D eigenvalue weighted by molar-refractivity contribution is -0.116. The lowest BCUT2D eigenvalue weighted by atomic mass is 10.1. The summed E-state index contributed by atoms with van der Waals surface area (Å²) in [6.07, 6.45) is 1.63. The lowest BCUT2D eigenvalue weighted by Gasteiger charge is -2.41. The van der Waals surface area contributed by atoms with Crippen LogP contribution in [0, 0.1) is 0 Å². The molecule has 1 aromatic rings. The van der Waals surface area contributed by atoms with E-state index in [1.54, 1.807) is 23.2 Å². The van der Waals surface area contributed by atoms with Gasteiger partial charge in [-0.1, -0.05) is 0 Å². The summed E-state index contributed by atoms with van der Waals surface area (Å²) in [6, 6.07) is 3.35. The Kier molecular flexibility index (Phi) is 4.13. The fraction of sp³-hybridized carbons (Fsp3) is 0.571. The number of ether oxygens (including phenoxy) is 2. The molecule has 2 heterocycles. The minimum Gasteiger partial charge on any atom is -0.480 e. The number of anilines is 1. The van der Waals surface area contributed by atoms with Gasteiger partial charge in [0.15, 0.2) is 0 Å². The summed E-state index contributed by atoms with van der Waals surface area (Å²) < 4.78 is 10.9. The molecule has 0 bridgehead atoms. The summed E-state index contributed by atoms with van der Waals surface area (Å²) in [5.74, 6) is 0.404. The first-order valence-electron chi connectivity index (χ1n) is 6.64. The van der Waals surface area contributed by atoms with Crippen molar-refractivity contribution in [3.63, 3.8) is 0 Å². The molecule has 1 unspecified atom stereocenters. The van der Waals surface area contributed by atoms with Gasteiger partial charge in [0.25, 0.3) is 0 Å². The quantitative estimate of drug-likeness (QED) is 0.900. The minimum absolute atomic E-state index is 0.0142. The normalized spacial score (nSPS) is 21.4. The number of pyridine rings is 1. The summed E-state index contributed by atoms with van der Waals surface area (Å²) in [4.78, 5) is 18.2. The van der Waals surface area contributed by atoms with Crippen molar-refractivity contribution in [3.05, 3.63) is 18.3 Å². The van der Waals surface area contributed by atoms with Gasteiger partial charge in [-0.15, -0.1) is 0 Å². The van der Waals surface area contributed by atoms with Crippen molar-refractivity contribution < 1.29 is 14.3 Å². The van der Waals surface area contributed by atoms with Crippen molar-refractivity contribution in [1.82, 2.24) is 9.88 Å². The van der Waals surface area contributed by atoms with E-state index in [0.29, 0.717) is 24.7 Å². The second kappa shape index (κ2) is 5.66. The van der Waals surface area contributed by atoms with E-state index in [1.165, 1.54) is 7.11 Å². The Morgan fingerprint density at radius 1 is 1.60 bits per heavy atom. The number of hydrogen-bond acceptors (Lipinski definition) is 4. The third-order valence-corrected chi connectivity index (χ3v) is 3.06. The highest BCUT2D eigenvalue weighted by atomic mass is 16.5. The van der Waals surface area contributed by atoms with Gasteiger partial charge in [-0.2, -0.15) is 0 Å². The van der Waals surface area contributed by atoms with Gasteiger partial charge in [-0.25, -0.2) is 9.78 Å². The molecule has 0 aliphatic carbocycles. The van der Waals surface area contributed by atoms with Crippen LogP contribution in [0.1, 0.15) is 20.8 Å². The van der Waals surface area contributed by atoms with Crippen molar-refractivity contribution >= 4 is 11.7 Å². The number of methoxy groups -OCH3 is 1. The van der Waals surface area contributed by atoms with Gasteiger partial charge in [0.05, 0.1) is 25.4 Å². The predicted molar refractivity (Wildman–Crippen MR) is 76.0 cm³/mol. The lowest BCUT2D eigenvalue weighted by Crippen LogP contribution is -2.54. The first kappa shape index (κ1) is 14.6. The third kappa shape index (κ3) is 3.39. The monoisotopic (exact) mass is 279 g/mol. The zero-order valence-corrected chi connectivity index (χ0v) is 12.3. The summed E-state index contributed by atoms with van der Waals surface area (Å²) >= 11 is 0. The second-order valence-corrected chi connectivity index (χ2v) is 5.56. The van der Waals surface area contributed by atoms with Crippen LogP contribution in [0.3, 0.4) is 0 Å². The maximum absolute atomic E-state index is 12.3. The van der Waals surface area contributed by atoms with Crippen molar-refractivity contribution in [2.75, 3.05) is 25.5 Å². The SMILES string of the molecule is COc1ncccc1NC(=O)N1CC(C)OC(C)(C)C1. The van der Waals surface area contributed by atoms with Gasteiger partial charge in [0.1, 0.15) is 5.69 Å². The van der Waals surface area contributed by atoms with E-state index < -0.39 is 0 Å². The average Bonchev–Trinajstić information content (AvgIpc) is 2.37. The first-order chi connectivity index (χ1) is 9.41. The molecule has 110 valence electrons. The molecule has 1 aliphatic rings. The number of nitrogens with zero attached hydrogens (tertiary/aromatic N) is 2. The van der Waals surface area contributed by atoms with Crippen molar-refractivity contribution in [1.29, 1.82) is 0 Å². The molecular weight excluding hydrogens is 258 g/mol. The zero-order chi connectivity index (χ0) is 14.8. The van der Waals surface area contributed by atoms with E-state index in [4.69, 9.17) is 9.47 Å². The van der Waals surface area contributed by atoms with Gasteiger partial charge in [-0.3, -0.25) is 0 Å². The minimum atomic E-state index is -0.339. The molecule has 20 heavy (non-hydrogen) atoms. The highest BCUT2D eigenvalue weighted by Gasteiger charge is 2.33. The van der Waals surface area contributed by atoms with Crippen molar-refractivity contribution in [2.45, 2.75) is 32.5 Å². The molecule has 1 N–H and O–H groups in total. The molecule has 0 aromatic carbocycles. The summed E-state index contributed by atoms with van der Waals surface area (Å²) in [6.45, 7) is 7.04. The smallest absolute Gasteiger partial charge is 0.322 e. The molecule has 2 amide bonds. The maximum Gasteiger partial charge on any atom is 0.322 e. The third-order valence-electron chi connectivity index (χ3n) is 3.06. The number of hydrogen-bond donors (Lipinski definition) is 1. The number of urea groups is 1. The number of carbonyl (C=O) groups is 1. The number of nitrogens with one attached hydrogen (secondary N) is 1. The van der Waals surface area contributed by atoms with Crippen LogP contribution in [-0.2, 0) is 4.74 Å². The Morgan fingerprint density at radius 2 is 2.35 bits per heavy atom. The highest BCUT2D eigenvalue weighted by molar-refractivity contribution is 5.90. The number of aromatic nitrogens is 1. The summed E-state index contributed by atoms with van der Waals surface area (Å²) in [5.41, 5.74) is 0.227. The molecule has 1 fully saturated rings. The van der Waals surface area contributed by atoms with Gasteiger partial charge >= 0.3 is 6.03 Å². The molecule has 0 saturated carbocycles. The Morgan fingerprint density at radius 3 is 3.00 bits per heavy atom. The zero-order valence-electron chi connectivity index (χ0n) is 12.3. The van der Waals surface area contributed by atoms with Gasteiger partial charge in [0, 0.05) is 12.7 Å². The van der Waals surface area contributed by atoms with Crippen LogP contribution in [0.4, 0.5) is 10.5 Å². The largest absolute Gasteiger partial charge is 0.480 e. The highest BCUT2D eigenvalue weighted by Crippen LogP contribution is 2.24.